The topological polar surface area (TPSA) is 85.6 Å². The van der Waals surface area contributed by atoms with Gasteiger partial charge in [0.1, 0.15) is 12.4 Å². The number of carbonyl (C=O) groups is 1. The van der Waals surface area contributed by atoms with Crippen molar-refractivity contribution in [1.82, 2.24) is 9.88 Å². The molecule has 2 aromatic carbocycles. The Hall–Kier alpha value is -4.00. The van der Waals surface area contributed by atoms with Gasteiger partial charge in [-0.3, -0.25) is 19.9 Å². The van der Waals surface area contributed by atoms with Gasteiger partial charge in [0.05, 0.1) is 16.7 Å². The van der Waals surface area contributed by atoms with E-state index in [2.05, 4.69) is 4.98 Å². The van der Waals surface area contributed by atoms with Gasteiger partial charge in [0.25, 0.3) is 5.69 Å². The fraction of sp³-hybridized carbons (Fsp3) is 0.167. The van der Waals surface area contributed by atoms with Crippen LogP contribution >= 0.6 is 0 Å². The minimum absolute atomic E-state index is 0.00564. The summed E-state index contributed by atoms with van der Waals surface area (Å²) in [5, 5.41) is 11.0. The molecule has 3 rings (SSSR count). The third-order valence-electron chi connectivity index (χ3n) is 4.90. The molecule has 0 spiro atoms. The van der Waals surface area contributed by atoms with Gasteiger partial charge in [-0.15, -0.1) is 0 Å². The van der Waals surface area contributed by atoms with Crippen LogP contribution in [0.15, 0.2) is 79.0 Å². The normalized spacial score (nSPS) is 11.8. The molecule has 158 valence electrons. The Morgan fingerprint density at radius 2 is 1.94 bits per heavy atom. The number of hydrogen-bond acceptors (Lipinski definition) is 5. The number of amides is 1. The summed E-state index contributed by atoms with van der Waals surface area (Å²) in [6, 6.07) is 19.1. The Morgan fingerprint density at radius 1 is 1.16 bits per heavy atom. The van der Waals surface area contributed by atoms with Crippen LogP contribution in [0.4, 0.5) is 5.69 Å². The monoisotopic (exact) mass is 417 g/mol. The first-order chi connectivity index (χ1) is 14.9. The zero-order valence-electron chi connectivity index (χ0n) is 17.3. The van der Waals surface area contributed by atoms with E-state index in [0.717, 1.165) is 11.3 Å². The number of hydrogen-bond donors (Lipinski definition) is 0. The molecule has 0 saturated heterocycles. The van der Waals surface area contributed by atoms with Crippen LogP contribution in [0.5, 0.6) is 5.75 Å². The smallest absolute Gasteiger partial charge is 0.269 e. The van der Waals surface area contributed by atoms with Crippen molar-refractivity contribution in [3.63, 3.8) is 0 Å². The van der Waals surface area contributed by atoms with E-state index in [1.165, 1.54) is 18.2 Å². The molecule has 3 aromatic rings. The number of carbonyl (C=O) groups excluding carboxylic acids is 1. The summed E-state index contributed by atoms with van der Waals surface area (Å²) in [5.41, 5.74) is 2.41. The highest BCUT2D eigenvalue weighted by atomic mass is 16.6. The van der Waals surface area contributed by atoms with Crippen molar-refractivity contribution in [1.29, 1.82) is 0 Å². The molecule has 31 heavy (non-hydrogen) atoms. The number of non-ortho nitro benzene ring substituents is 1. The van der Waals surface area contributed by atoms with E-state index < -0.39 is 4.92 Å². The lowest BCUT2D eigenvalue weighted by Crippen LogP contribution is -2.28. The fourth-order valence-electron chi connectivity index (χ4n) is 2.91. The summed E-state index contributed by atoms with van der Waals surface area (Å²) in [6.07, 6.45) is 4.93. The lowest BCUT2D eigenvalue weighted by molar-refractivity contribution is -0.384. The van der Waals surface area contributed by atoms with Gasteiger partial charge in [-0.1, -0.05) is 30.3 Å². The average Bonchev–Trinajstić information content (AvgIpc) is 2.81. The average molecular weight is 417 g/mol. The van der Waals surface area contributed by atoms with Gasteiger partial charge in [-0.25, -0.2) is 0 Å². The highest BCUT2D eigenvalue weighted by molar-refractivity contribution is 5.91. The number of nitrogens with zero attached hydrogens (tertiary/aromatic N) is 3. The molecule has 1 amide bonds. The molecule has 7 heteroatoms. The zero-order valence-corrected chi connectivity index (χ0v) is 17.3. The SMILES string of the molecule is CC(c1cccc([N+](=O)[O-])c1)N(C)C(=O)C=Cc1ccc(OCc2ccccn2)cc1. The Kier molecular flexibility index (Phi) is 7.11. The number of pyridine rings is 1. The Balaban J connectivity index is 1.58. The lowest BCUT2D eigenvalue weighted by Gasteiger charge is -2.24. The largest absolute Gasteiger partial charge is 0.487 e. The van der Waals surface area contributed by atoms with Gasteiger partial charge in [0.2, 0.25) is 5.91 Å². The van der Waals surface area contributed by atoms with E-state index in [-0.39, 0.29) is 17.6 Å². The number of nitro benzene ring substituents is 1. The second-order valence-electron chi connectivity index (χ2n) is 6.99. The second kappa shape index (κ2) is 10.2. The third-order valence-corrected chi connectivity index (χ3v) is 4.90. The molecule has 0 aliphatic carbocycles. The van der Waals surface area contributed by atoms with Crippen LogP contribution in [-0.4, -0.2) is 27.8 Å². The van der Waals surface area contributed by atoms with Crippen molar-refractivity contribution in [2.75, 3.05) is 7.05 Å². The van der Waals surface area contributed by atoms with Crippen molar-refractivity contribution < 1.29 is 14.5 Å². The predicted octanol–water partition coefficient (Wildman–Crippen LogP) is 4.80. The maximum atomic E-state index is 12.5. The Morgan fingerprint density at radius 3 is 2.61 bits per heavy atom. The number of rotatable bonds is 8. The fourth-order valence-corrected chi connectivity index (χ4v) is 2.91. The van der Waals surface area contributed by atoms with Crippen LogP contribution in [0.3, 0.4) is 0 Å². The Labute approximate surface area is 180 Å². The van der Waals surface area contributed by atoms with E-state index >= 15 is 0 Å². The summed E-state index contributed by atoms with van der Waals surface area (Å²) in [7, 11) is 1.67. The van der Waals surface area contributed by atoms with Gasteiger partial charge < -0.3 is 9.64 Å². The lowest BCUT2D eigenvalue weighted by atomic mass is 10.1. The van der Waals surface area contributed by atoms with Gasteiger partial charge in [0.15, 0.2) is 0 Å². The third kappa shape index (κ3) is 5.99. The molecule has 1 atom stereocenters. The summed E-state index contributed by atoms with van der Waals surface area (Å²) < 4.78 is 5.71. The predicted molar refractivity (Wildman–Crippen MR) is 118 cm³/mol. The summed E-state index contributed by atoms with van der Waals surface area (Å²) in [4.78, 5) is 28.8. The molecule has 0 fully saturated rings. The van der Waals surface area contributed by atoms with Crippen molar-refractivity contribution in [2.45, 2.75) is 19.6 Å². The molecular weight excluding hydrogens is 394 g/mol. The quantitative estimate of drug-likeness (QED) is 0.298. The van der Waals surface area contributed by atoms with Crippen LogP contribution < -0.4 is 4.74 Å². The van der Waals surface area contributed by atoms with E-state index in [9.17, 15) is 14.9 Å². The van der Waals surface area contributed by atoms with Crippen LogP contribution in [0, 0.1) is 10.1 Å². The maximum absolute atomic E-state index is 12.5. The standard InChI is InChI=1S/C24H23N3O4/c1-18(20-6-5-8-22(16-20)27(29)30)26(2)24(28)14-11-19-9-12-23(13-10-19)31-17-21-7-3-4-15-25-21/h3-16,18H,17H2,1-2H3. The molecule has 0 N–H and O–H groups in total. The summed E-state index contributed by atoms with van der Waals surface area (Å²) in [5.74, 6) is 0.514. The first-order valence-electron chi connectivity index (χ1n) is 9.76. The van der Waals surface area contributed by atoms with Gasteiger partial charge in [0, 0.05) is 31.5 Å². The van der Waals surface area contributed by atoms with Gasteiger partial charge >= 0.3 is 0 Å². The molecule has 7 nitrogen and oxygen atoms in total. The van der Waals surface area contributed by atoms with Crippen LogP contribution in [0.25, 0.3) is 6.08 Å². The van der Waals surface area contributed by atoms with Crippen molar-refractivity contribution in [2.24, 2.45) is 0 Å². The molecule has 0 aliphatic rings. The van der Waals surface area contributed by atoms with Gasteiger partial charge in [-0.2, -0.15) is 0 Å². The van der Waals surface area contributed by atoms with Crippen molar-refractivity contribution in [3.05, 3.63) is 106 Å². The number of aromatic nitrogens is 1. The molecular formula is C24H23N3O4. The minimum atomic E-state index is -0.443. The highest BCUT2D eigenvalue weighted by Gasteiger charge is 2.17. The van der Waals surface area contributed by atoms with E-state index in [1.54, 1.807) is 36.4 Å². The molecule has 0 aliphatic heterocycles. The van der Waals surface area contributed by atoms with Crippen LogP contribution in [-0.2, 0) is 11.4 Å². The van der Waals surface area contributed by atoms with Gasteiger partial charge in [-0.05, 0) is 48.4 Å². The zero-order chi connectivity index (χ0) is 22.2. The molecule has 0 bridgehead atoms. The first kappa shape index (κ1) is 21.7. The minimum Gasteiger partial charge on any atom is -0.487 e. The second-order valence-corrected chi connectivity index (χ2v) is 6.99. The number of nitro groups is 1. The summed E-state index contributed by atoms with van der Waals surface area (Å²) >= 11 is 0. The van der Waals surface area contributed by atoms with Crippen molar-refractivity contribution in [3.8, 4) is 5.75 Å². The van der Waals surface area contributed by atoms with E-state index in [1.807, 2.05) is 49.4 Å². The number of ether oxygens (including phenoxy) is 1. The molecule has 0 radical (unpaired) electrons. The Bertz CT molecular complexity index is 1070. The molecule has 1 heterocycles. The maximum Gasteiger partial charge on any atom is 0.269 e. The van der Waals surface area contributed by atoms with E-state index in [4.69, 9.17) is 4.74 Å². The van der Waals surface area contributed by atoms with Crippen LogP contribution in [0.1, 0.15) is 29.8 Å². The number of likely N-dealkylation sites (N-methyl/N-ethyl adjacent to an activating group) is 1. The summed E-state index contributed by atoms with van der Waals surface area (Å²) in [6.45, 7) is 2.22. The van der Waals surface area contributed by atoms with Crippen molar-refractivity contribution >= 4 is 17.7 Å². The molecule has 1 aromatic heterocycles. The highest BCUT2D eigenvalue weighted by Crippen LogP contribution is 2.23. The molecule has 0 saturated carbocycles. The number of benzene rings is 2. The first-order valence-corrected chi connectivity index (χ1v) is 9.76. The van der Waals surface area contributed by atoms with Crippen LogP contribution in [0.2, 0.25) is 0 Å². The molecule has 1 unspecified atom stereocenters. The van der Waals surface area contributed by atoms with E-state index in [0.29, 0.717) is 17.9 Å².